The Morgan fingerprint density at radius 1 is 1.40 bits per heavy atom. The maximum absolute atomic E-state index is 12.4. The monoisotopic (exact) mass is 277 g/mol. The molecule has 0 aromatic heterocycles. The van der Waals surface area contributed by atoms with Crippen LogP contribution in [0.5, 0.6) is 0 Å². The molecule has 1 N–H and O–H groups in total. The highest BCUT2D eigenvalue weighted by atomic mass is 16.5. The molecule has 0 bridgehead atoms. The summed E-state index contributed by atoms with van der Waals surface area (Å²) in [4.78, 5) is 14.3. The molecular weight excluding hydrogens is 254 g/mol. The number of hydrogen-bond acceptors (Lipinski definition) is 4. The Kier molecular flexibility index (Phi) is 5.71. The minimum absolute atomic E-state index is 0.0734. The molecule has 1 fully saturated rings. The lowest BCUT2D eigenvalue weighted by atomic mass is 9.88. The predicted octanol–water partition coefficient (Wildman–Crippen LogP) is 1.94. The zero-order chi connectivity index (χ0) is 14.4. The highest BCUT2D eigenvalue weighted by Crippen LogP contribution is 2.24. The molecule has 2 atom stereocenters. The fourth-order valence-corrected chi connectivity index (χ4v) is 2.66. The number of benzene rings is 1. The van der Waals surface area contributed by atoms with Crippen molar-refractivity contribution in [3.05, 3.63) is 35.9 Å². The number of ketones is 1. The van der Waals surface area contributed by atoms with E-state index in [2.05, 4.69) is 0 Å². The largest absolute Gasteiger partial charge is 0.380 e. The average molecular weight is 277 g/mol. The summed E-state index contributed by atoms with van der Waals surface area (Å²) in [7, 11) is 0. The second-order valence-corrected chi connectivity index (χ2v) is 5.17. The lowest BCUT2D eigenvalue weighted by Gasteiger charge is -2.35. The molecule has 2 rings (SSSR count). The lowest BCUT2D eigenvalue weighted by Crippen LogP contribution is -2.45. The first kappa shape index (κ1) is 15.2. The predicted molar refractivity (Wildman–Crippen MR) is 77.6 cm³/mol. The van der Waals surface area contributed by atoms with E-state index in [-0.39, 0.29) is 11.7 Å². The molecule has 0 radical (unpaired) electrons. The van der Waals surface area contributed by atoms with Crippen molar-refractivity contribution in [1.82, 2.24) is 4.90 Å². The van der Waals surface area contributed by atoms with Crippen LogP contribution in [0, 0.1) is 5.92 Å². The Hall–Kier alpha value is -1.23. The Morgan fingerprint density at radius 2 is 2.15 bits per heavy atom. The van der Waals surface area contributed by atoms with E-state index in [1.54, 1.807) is 0 Å². The molecule has 1 aromatic rings. The van der Waals surface area contributed by atoms with Gasteiger partial charge in [-0.15, -0.1) is 0 Å². The van der Waals surface area contributed by atoms with Gasteiger partial charge in [0.1, 0.15) is 6.23 Å². The average Bonchev–Trinajstić information content (AvgIpc) is 2.49. The normalized spacial score (nSPS) is 23.7. The Balaban J connectivity index is 1.87. The van der Waals surface area contributed by atoms with Gasteiger partial charge in [0.25, 0.3) is 0 Å². The van der Waals surface area contributed by atoms with Crippen LogP contribution >= 0.6 is 0 Å². The summed E-state index contributed by atoms with van der Waals surface area (Å²) in [6.45, 7) is 4.75. The number of carbonyl (C=O) groups is 1. The number of hydrogen-bond donors (Lipinski definition) is 1. The van der Waals surface area contributed by atoms with Crippen molar-refractivity contribution < 1.29 is 14.6 Å². The third-order valence-electron chi connectivity index (χ3n) is 3.84. The molecule has 0 saturated carbocycles. The quantitative estimate of drug-likeness (QED) is 0.637. The molecule has 20 heavy (non-hydrogen) atoms. The van der Waals surface area contributed by atoms with Crippen LogP contribution in [0.4, 0.5) is 0 Å². The Bertz CT molecular complexity index is 421. The Labute approximate surface area is 120 Å². The van der Waals surface area contributed by atoms with E-state index < -0.39 is 6.23 Å². The zero-order valence-electron chi connectivity index (χ0n) is 12.0. The molecule has 2 unspecified atom stereocenters. The van der Waals surface area contributed by atoms with Crippen molar-refractivity contribution in [2.24, 2.45) is 5.92 Å². The molecule has 1 aliphatic rings. The van der Waals surface area contributed by atoms with Gasteiger partial charge in [-0.2, -0.15) is 0 Å². The van der Waals surface area contributed by atoms with Gasteiger partial charge in [0.15, 0.2) is 5.78 Å². The minimum Gasteiger partial charge on any atom is -0.380 e. The van der Waals surface area contributed by atoms with Gasteiger partial charge >= 0.3 is 0 Å². The van der Waals surface area contributed by atoms with Crippen LogP contribution in [0.15, 0.2) is 30.3 Å². The number of aliphatic hydroxyl groups excluding tert-OH is 1. The van der Waals surface area contributed by atoms with Crippen LogP contribution in [0.2, 0.25) is 0 Å². The first-order valence-electron chi connectivity index (χ1n) is 7.31. The van der Waals surface area contributed by atoms with Gasteiger partial charge < -0.3 is 9.84 Å². The van der Waals surface area contributed by atoms with E-state index in [0.717, 1.165) is 25.1 Å². The number of likely N-dealkylation sites (tertiary alicyclic amines) is 1. The van der Waals surface area contributed by atoms with Crippen molar-refractivity contribution in [2.75, 3.05) is 26.3 Å². The molecule has 1 aromatic carbocycles. The number of rotatable bonds is 6. The van der Waals surface area contributed by atoms with Crippen molar-refractivity contribution in [3.8, 4) is 0 Å². The topological polar surface area (TPSA) is 49.8 Å². The van der Waals surface area contributed by atoms with E-state index in [1.165, 1.54) is 0 Å². The molecule has 1 heterocycles. The highest BCUT2D eigenvalue weighted by Gasteiger charge is 2.31. The number of nitrogens with zero attached hydrogens (tertiary/aromatic N) is 1. The molecule has 110 valence electrons. The molecule has 4 heteroatoms. The van der Waals surface area contributed by atoms with Crippen molar-refractivity contribution in [3.63, 3.8) is 0 Å². The van der Waals surface area contributed by atoms with Gasteiger partial charge in [0.2, 0.25) is 0 Å². The van der Waals surface area contributed by atoms with Crippen LogP contribution in [0.3, 0.4) is 0 Å². The number of ether oxygens (including phenoxy) is 1. The van der Waals surface area contributed by atoms with Gasteiger partial charge in [-0.05, 0) is 19.8 Å². The molecule has 1 aliphatic heterocycles. The molecule has 4 nitrogen and oxygen atoms in total. The van der Waals surface area contributed by atoms with Gasteiger partial charge in [-0.3, -0.25) is 9.69 Å². The van der Waals surface area contributed by atoms with E-state index >= 15 is 0 Å². The summed E-state index contributed by atoms with van der Waals surface area (Å²) in [6, 6.07) is 9.34. The van der Waals surface area contributed by atoms with Crippen LogP contribution in [-0.2, 0) is 4.74 Å². The fourth-order valence-electron chi connectivity index (χ4n) is 2.66. The third kappa shape index (κ3) is 3.88. The molecular formula is C16H23NO3. The summed E-state index contributed by atoms with van der Waals surface area (Å²) in [5.74, 6) is 0.0739. The number of Topliss-reactive ketones (excluding diaryl/α,β-unsaturated/α-hetero) is 1. The molecule has 1 saturated heterocycles. The van der Waals surface area contributed by atoms with Crippen LogP contribution in [0.1, 0.15) is 30.1 Å². The Morgan fingerprint density at radius 3 is 2.80 bits per heavy atom. The maximum Gasteiger partial charge on any atom is 0.166 e. The first-order chi connectivity index (χ1) is 9.72. The van der Waals surface area contributed by atoms with E-state index in [1.807, 2.05) is 42.2 Å². The second kappa shape index (κ2) is 7.53. The molecule has 0 amide bonds. The number of piperidine rings is 1. The minimum atomic E-state index is -0.540. The summed E-state index contributed by atoms with van der Waals surface area (Å²) in [6.07, 6.45) is 0.776. The summed E-state index contributed by atoms with van der Waals surface area (Å²) in [5, 5.41) is 10.2. The van der Waals surface area contributed by atoms with Gasteiger partial charge in [0.05, 0.1) is 6.61 Å². The van der Waals surface area contributed by atoms with Crippen molar-refractivity contribution >= 4 is 5.78 Å². The molecule has 0 spiro atoms. The number of carbonyl (C=O) groups excluding carboxylic acids is 1. The van der Waals surface area contributed by atoms with Crippen LogP contribution < -0.4 is 0 Å². The summed E-state index contributed by atoms with van der Waals surface area (Å²) in [5.41, 5.74) is 0.743. The van der Waals surface area contributed by atoms with Crippen LogP contribution in [0.25, 0.3) is 0 Å². The molecule has 0 aliphatic carbocycles. The van der Waals surface area contributed by atoms with E-state index in [0.29, 0.717) is 19.6 Å². The van der Waals surface area contributed by atoms with Gasteiger partial charge in [-0.25, -0.2) is 0 Å². The second-order valence-electron chi connectivity index (χ2n) is 5.17. The van der Waals surface area contributed by atoms with Crippen molar-refractivity contribution in [1.29, 1.82) is 0 Å². The summed E-state index contributed by atoms with van der Waals surface area (Å²) < 4.78 is 5.31. The highest BCUT2D eigenvalue weighted by molar-refractivity contribution is 5.97. The van der Waals surface area contributed by atoms with Gasteiger partial charge in [-0.1, -0.05) is 30.3 Å². The smallest absolute Gasteiger partial charge is 0.166 e. The standard InChI is InChI=1S/C16H23NO3/c1-2-20-11-10-17-9-8-14(12-15(17)18)16(19)13-6-4-3-5-7-13/h3-7,14-15,18H,2,8-12H2,1H3. The van der Waals surface area contributed by atoms with E-state index in [4.69, 9.17) is 4.74 Å². The summed E-state index contributed by atoms with van der Waals surface area (Å²) >= 11 is 0. The van der Waals surface area contributed by atoms with Gasteiger partial charge in [0, 0.05) is 31.2 Å². The zero-order valence-corrected chi connectivity index (χ0v) is 12.0. The number of aliphatic hydroxyl groups is 1. The first-order valence-corrected chi connectivity index (χ1v) is 7.31. The lowest BCUT2D eigenvalue weighted by molar-refractivity contribution is -0.0492. The third-order valence-corrected chi connectivity index (χ3v) is 3.84. The van der Waals surface area contributed by atoms with Crippen molar-refractivity contribution in [2.45, 2.75) is 26.0 Å². The van der Waals surface area contributed by atoms with E-state index in [9.17, 15) is 9.90 Å². The fraction of sp³-hybridized carbons (Fsp3) is 0.562. The SMILES string of the molecule is CCOCCN1CCC(C(=O)c2ccccc2)CC1O. The van der Waals surface area contributed by atoms with Crippen LogP contribution in [-0.4, -0.2) is 48.3 Å². The maximum atomic E-state index is 12.4.